The molecule has 1 aromatic carbocycles. The molecule has 0 unspecified atom stereocenters. The number of thioether (sulfide) groups is 1. The highest BCUT2D eigenvalue weighted by Crippen LogP contribution is 2.17. The summed E-state index contributed by atoms with van der Waals surface area (Å²) in [6.07, 6.45) is 1.96. The summed E-state index contributed by atoms with van der Waals surface area (Å²) < 4.78 is 22.8. The lowest BCUT2D eigenvalue weighted by molar-refractivity contribution is 0.602. The van der Waals surface area contributed by atoms with Crippen molar-refractivity contribution in [3.63, 3.8) is 0 Å². The van der Waals surface area contributed by atoms with Crippen molar-refractivity contribution in [2.24, 2.45) is 0 Å². The van der Waals surface area contributed by atoms with Crippen molar-refractivity contribution in [3.05, 3.63) is 41.6 Å². The number of nitrogen functional groups attached to an aromatic ring is 2. The summed E-state index contributed by atoms with van der Waals surface area (Å²) in [6, 6.07) is 8.67. The molecule has 118 valence electrons. The Morgan fingerprint density at radius 3 is 2.41 bits per heavy atom. The Bertz CT molecular complexity index is 726. The number of aromatic nitrogens is 2. The molecule has 6 nitrogen and oxygen atoms in total. The minimum Gasteiger partial charge on any atom is -0.384 e. The molecule has 0 bridgehead atoms. The van der Waals surface area contributed by atoms with E-state index in [-0.39, 0.29) is 5.95 Å². The van der Waals surface area contributed by atoms with Crippen LogP contribution in [-0.4, -0.2) is 30.4 Å². The number of benzene rings is 1. The first kappa shape index (κ1) is 16.6. The van der Waals surface area contributed by atoms with E-state index in [4.69, 9.17) is 11.5 Å². The molecule has 2 aromatic rings. The minimum absolute atomic E-state index is 0.191. The highest BCUT2D eigenvalue weighted by atomic mass is 32.2. The molecule has 0 saturated carbocycles. The average Bonchev–Trinajstić information content (AvgIpc) is 2.42. The maximum Gasteiger partial charge on any atom is 0.222 e. The van der Waals surface area contributed by atoms with Gasteiger partial charge in [0, 0.05) is 23.8 Å². The molecule has 4 N–H and O–H groups in total. The lowest BCUT2D eigenvalue weighted by atomic mass is 10.2. The van der Waals surface area contributed by atoms with Crippen molar-refractivity contribution in [2.75, 3.05) is 23.5 Å². The Morgan fingerprint density at radius 2 is 1.82 bits per heavy atom. The number of hydrogen-bond acceptors (Lipinski definition) is 7. The first-order valence-corrected chi connectivity index (χ1v) is 9.65. The van der Waals surface area contributed by atoms with Crippen LogP contribution in [0, 0.1) is 0 Å². The van der Waals surface area contributed by atoms with E-state index >= 15 is 0 Å². The van der Waals surface area contributed by atoms with Gasteiger partial charge in [0.25, 0.3) is 0 Å². The molecule has 8 heteroatoms. The monoisotopic (exact) mass is 338 g/mol. The predicted octanol–water partition coefficient (Wildman–Crippen LogP) is 1.52. The third kappa shape index (κ3) is 4.88. The first-order chi connectivity index (χ1) is 10.3. The maximum atomic E-state index is 11.4. The number of nitrogens with zero attached hydrogens (tertiary/aromatic N) is 2. The van der Waals surface area contributed by atoms with Crippen LogP contribution in [0.25, 0.3) is 0 Å². The molecule has 0 aliphatic rings. The van der Waals surface area contributed by atoms with Crippen molar-refractivity contribution >= 4 is 33.4 Å². The fourth-order valence-corrected chi connectivity index (χ4v) is 3.42. The van der Waals surface area contributed by atoms with Gasteiger partial charge in [-0.15, -0.1) is 0 Å². The van der Waals surface area contributed by atoms with Crippen LogP contribution >= 0.6 is 11.8 Å². The summed E-state index contributed by atoms with van der Waals surface area (Å²) in [4.78, 5) is 8.29. The Balaban J connectivity index is 1.84. The minimum atomic E-state index is -3.13. The Labute approximate surface area is 134 Å². The Kier molecular flexibility index (Phi) is 5.25. The number of aryl methyl sites for hydroxylation is 1. The third-order valence-corrected chi connectivity index (χ3v) is 5.10. The molecule has 0 amide bonds. The third-order valence-electron chi connectivity index (χ3n) is 2.94. The average molecular weight is 338 g/mol. The van der Waals surface area contributed by atoms with Crippen LogP contribution in [0.15, 0.2) is 35.2 Å². The number of sulfone groups is 1. The van der Waals surface area contributed by atoms with Gasteiger partial charge < -0.3 is 11.5 Å². The normalized spacial score (nSPS) is 11.5. The van der Waals surface area contributed by atoms with Crippen molar-refractivity contribution in [3.8, 4) is 0 Å². The summed E-state index contributed by atoms with van der Waals surface area (Å²) >= 11 is 1.73. The molecule has 1 heterocycles. The number of nitrogens with two attached hydrogens (primary N) is 2. The van der Waals surface area contributed by atoms with Gasteiger partial charge in [-0.25, -0.2) is 13.4 Å². The van der Waals surface area contributed by atoms with Crippen LogP contribution < -0.4 is 11.5 Å². The van der Waals surface area contributed by atoms with Gasteiger partial charge >= 0.3 is 0 Å². The molecule has 0 fully saturated rings. The molecule has 0 spiro atoms. The summed E-state index contributed by atoms with van der Waals surface area (Å²) in [6.45, 7) is 0. The van der Waals surface area contributed by atoms with Crippen molar-refractivity contribution in [2.45, 2.75) is 17.1 Å². The van der Waals surface area contributed by atoms with Crippen molar-refractivity contribution in [1.29, 1.82) is 0 Å². The highest BCUT2D eigenvalue weighted by molar-refractivity contribution is 7.98. The van der Waals surface area contributed by atoms with Gasteiger partial charge in [0.05, 0.1) is 4.90 Å². The van der Waals surface area contributed by atoms with E-state index in [1.807, 2.05) is 12.1 Å². The molecule has 0 aliphatic carbocycles. The molecule has 0 atom stereocenters. The maximum absolute atomic E-state index is 11.4. The van der Waals surface area contributed by atoms with E-state index in [9.17, 15) is 8.42 Å². The number of hydrogen-bond donors (Lipinski definition) is 2. The van der Waals surface area contributed by atoms with Gasteiger partial charge in [-0.1, -0.05) is 12.1 Å². The number of rotatable bonds is 6. The Hall–Kier alpha value is -1.80. The van der Waals surface area contributed by atoms with Crippen LogP contribution in [0.2, 0.25) is 0 Å². The second kappa shape index (κ2) is 6.97. The smallest absolute Gasteiger partial charge is 0.222 e. The fraction of sp³-hybridized carbons (Fsp3) is 0.286. The van der Waals surface area contributed by atoms with E-state index in [1.54, 1.807) is 30.0 Å². The summed E-state index contributed by atoms with van der Waals surface area (Å²) in [7, 11) is -3.13. The molecule has 22 heavy (non-hydrogen) atoms. The van der Waals surface area contributed by atoms with Gasteiger partial charge in [0.1, 0.15) is 5.82 Å². The highest BCUT2D eigenvalue weighted by Gasteiger charge is 2.06. The van der Waals surface area contributed by atoms with Crippen LogP contribution in [0.1, 0.15) is 11.3 Å². The van der Waals surface area contributed by atoms with E-state index in [2.05, 4.69) is 9.97 Å². The predicted molar refractivity (Wildman–Crippen MR) is 90.3 cm³/mol. The van der Waals surface area contributed by atoms with Gasteiger partial charge in [-0.05, 0) is 29.9 Å². The van der Waals surface area contributed by atoms with Gasteiger partial charge in [-0.2, -0.15) is 16.7 Å². The molecule has 0 saturated heterocycles. The van der Waals surface area contributed by atoms with Crippen LogP contribution in [-0.2, 0) is 22.0 Å². The van der Waals surface area contributed by atoms with Crippen LogP contribution in [0.5, 0.6) is 0 Å². The molecule has 2 rings (SSSR count). The quantitative estimate of drug-likeness (QED) is 0.768. The SMILES string of the molecule is CS(=O)(=O)c1ccc(CSCCc2cc(N)nc(N)n2)cc1. The van der Waals surface area contributed by atoms with Crippen LogP contribution in [0.3, 0.4) is 0 Å². The van der Waals surface area contributed by atoms with E-state index in [0.717, 1.165) is 29.2 Å². The largest absolute Gasteiger partial charge is 0.384 e. The second-order valence-corrected chi connectivity index (χ2v) is 7.98. The molecule has 0 radical (unpaired) electrons. The van der Waals surface area contributed by atoms with Gasteiger partial charge in [0.15, 0.2) is 9.84 Å². The van der Waals surface area contributed by atoms with Crippen LogP contribution in [0.4, 0.5) is 11.8 Å². The molecule has 1 aromatic heterocycles. The molecular weight excluding hydrogens is 320 g/mol. The molecular formula is C14H18N4O2S2. The standard InChI is InChI=1S/C14H18N4O2S2/c1-22(19,20)12-4-2-10(3-5-12)9-21-7-6-11-8-13(15)18-14(16)17-11/h2-5,8H,6-7,9H2,1H3,(H4,15,16,17,18). The van der Waals surface area contributed by atoms with Crippen molar-refractivity contribution in [1.82, 2.24) is 9.97 Å². The number of anilines is 2. The lowest BCUT2D eigenvalue weighted by Gasteiger charge is -2.05. The summed E-state index contributed by atoms with van der Waals surface area (Å²) in [5.74, 6) is 2.24. The zero-order valence-corrected chi connectivity index (χ0v) is 13.8. The zero-order chi connectivity index (χ0) is 16.2. The van der Waals surface area contributed by atoms with Gasteiger partial charge in [0.2, 0.25) is 5.95 Å². The van der Waals surface area contributed by atoms with E-state index in [0.29, 0.717) is 10.7 Å². The fourth-order valence-electron chi connectivity index (χ4n) is 1.87. The molecule has 0 aliphatic heterocycles. The van der Waals surface area contributed by atoms with E-state index in [1.165, 1.54) is 6.26 Å². The zero-order valence-electron chi connectivity index (χ0n) is 12.2. The summed E-state index contributed by atoms with van der Waals surface area (Å²) in [5.41, 5.74) is 13.1. The first-order valence-electron chi connectivity index (χ1n) is 6.60. The lowest BCUT2D eigenvalue weighted by Crippen LogP contribution is -2.03. The van der Waals surface area contributed by atoms with Crippen molar-refractivity contribution < 1.29 is 8.42 Å². The van der Waals surface area contributed by atoms with Gasteiger partial charge in [-0.3, -0.25) is 0 Å². The van der Waals surface area contributed by atoms with E-state index < -0.39 is 9.84 Å². The Morgan fingerprint density at radius 1 is 1.14 bits per heavy atom. The topological polar surface area (TPSA) is 112 Å². The second-order valence-electron chi connectivity index (χ2n) is 4.86. The summed E-state index contributed by atoms with van der Waals surface area (Å²) in [5, 5.41) is 0.